The van der Waals surface area contributed by atoms with Gasteiger partial charge in [-0.3, -0.25) is 4.79 Å². The SMILES string of the molecule is Cc1cccc(C[C@H](Br)C(=O)O)c1. The molecule has 0 bridgehead atoms. The van der Waals surface area contributed by atoms with Gasteiger partial charge in [-0.05, 0) is 18.9 Å². The topological polar surface area (TPSA) is 37.3 Å². The van der Waals surface area contributed by atoms with Crippen LogP contribution in [0.1, 0.15) is 11.1 Å². The number of rotatable bonds is 3. The molecule has 0 aliphatic heterocycles. The molecule has 0 radical (unpaired) electrons. The highest BCUT2D eigenvalue weighted by Crippen LogP contribution is 2.11. The molecule has 70 valence electrons. The Balaban J connectivity index is 2.69. The van der Waals surface area contributed by atoms with E-state index in [9.17, 15) is 4.79 Å². The molecule has 1 rings (SSSR count). The van der Waals surface area contributed by atoms with E-state index in [1.165, 1.54) is 0 Å². The van der Waals surface area contributed by atoms with Crippen LogP contribution in [0.3, 0.4) is 0 Å². The maximum absolute atomic E-state index is 10.5. The van der Waals surface area contributed by atoms with E-state index >= 15 is 0 Å². The Bertz CT molecular complexity index is 310. The minimum atomic E-state index is -0.818. The van der Waals surface area contributed by atoms with E-state index < -0.39 is 10.8 Å². The molecule has 2 nitrogen and oxygen atoms in total. The zero-order valence-electron chi connectivity index (χ0n) is 7.33. The molecule has 0 unspecified atom stereocenters. The lowest BCUT2D eigenvalue weighted by atomic mass is 10.1. The van der Waals surface area contributed by atoms with Crippen LogP contribution in [0, 0.1) is 6.92 Å². The molecule has 3 heteroatoms. The highest BCUT2D eigenvalue weighted by atomic mass is 79.9. The van der Waals surface area contributed by atoms with Crippen LogP contribution in [0.4, 0.5) is 0 Å². The van der Waals surface area contributed by atoms with Gasteiger partial charge in [-0.2, -0.15) is 0 Å². The second-order valence-electron chi connectivity index (χ2n) is 3.00. The van der Waals surface area contributed by atoms with Crippen molar-refractivity contribution < 1.29 is 9.90 Å². The minimum Gasteiger partial charge on any atom is -0.480 e. The largest absolute Gasteiger partial charge is 0.480 e. The van der Waals surface area contributed by atoms with E-state index in [0.717, 1.165) is 11.1 Å². The maximum Gasteiger partial charge on any atom is 0.317 e. The number of benzene rings is 1. The summed E-state index contributed by atoms with van der Waals surface area (Å²) in [6.45, 7) is 1.99. The van der Waals surface area contributed by atoms with Crippen LogP contribution in [0.25, 0.3) is 0 Å². The summed E-state index contributed by atoms with van der Waals surface area (Å²) >= 11 is 3.10. The zero-order chi connectivity index (χ0) is 9.84. The fourth-order valence-corrected chi connectivity index (χ4v) is 1.51. The van der Waals surface area contributed by atoms with E-state index in [-0.39, 0.29) is 0 Å². The summed E-state index contributed by atoms with van der Waals surface area (Å²) in [5, 5.41) is 8.67. The maximum atomic E-state index is 10.5. The third kappa shape index (κ3) is 3.19. The molecular formula is C10H11BrO2. The first-order valence-electron chi connectivity index (χ1n) is 4.02. The van der Waals surface area contributed by atoms with Gasteiger partial charge < -0.3 is 5.11 Å². The summed E-state index contributed by atoms with van der Waals surface area (Å²) in [5.41, 5.74) is 2.20. The number of aliphatic carboxylic acids is 1. The number of aryl methyl sites for hydroxylation is 1. The summed E-state index contributed by atoms with van der Waals surface area (Å²) in [6.07, 6.45) is 0.525. The van der Waals surface area contributed by atoms with Crippen molar-refractivity contribution in [3.8, 4) is 0 Å². The minimum absolute atomic E-state index is 0.491. The van der Waals surface area contributed by atoms with Gasteiger partial charge >= 0.3 is 5.97 Å². The number of carboxylic acid groups (broad SMARTS) is 1. The van der Waals surface area contributed by atoms with Crippen LogP contribution >= 0.6 is 15.9 Å². The molecule has 13 heavy (non-hydrogen) atoms. The number of carboxylic acids is 1. The van der Waals surface area contributed by atoms with Crippen molar-refractivity contribution in [3.05, 3.63) is 35.4 Å². The molecule has 1 aromatic rings. The van der Waals surface area contributed by atoms with Gasteiger partial charge in [-0.1, -0.05) is 45.8 Å². The van der Waals surface area contributed by atoms with Crippen molar-refractivity contribution >= 4 is 21.9 Å². The highest BCUT2D eigenvalue weighted by Gasteiger charge is 2.12. The Hall–Kier alpha value is -0.830. The number of alkyl halides is 1. The molecule has 0 aliphatic rings. The van der Waals surface area contributed by atoms with Crippen molar-refractivity contribution in [1.29, 1.82) is 0 Å². The summed E-state index contributed by atoms with van der Waals surface area (Å²) in [7, 11) is 0. The molecule has 0 spiro atoms. The van der Waals surface area contributed by atoms with Crippen molar-refractivity contribution in [1.82, 2.24) is 0 Å². The van der Waals surface area contributed by atoms with Gasteiger partial charge in [0.2, 0.25) is 0 Å². The number of hydrogen-bond acceptors (Lipinski definition) is 1. The van der Waals surface area contributed by atoms with Crippen LogP contribution in [0.2, 0.25) is 0 Å². The first-order chi connectivity index (χ1) is 6.09. The molecule has 1 N–H and O–H groups in total. The predicted octanol–water partition coefficient (Wildman–Crippen LogP) is 2.39. The fraction of sp³-hybridized carbons (Fsp3) is 0.300. The average molecular weight is 243 g/mol. The number of hydrogen-bond donors (Lipinski definition) is 1. The Morgan fingerprint density at radius 2 is 2.31 bits per heavy atom. The normalized spacial score (nSPS) is 12.5. The predicted molar refractivity (Wildman–Crippen MR) is 55.2 cm³/mol. The number of carbonyl (C=O) groups is 1. The van der Waals surface area contributed by atoms with Crippen LogP contribution in [-0.2, 0) is 11.2 Å². The standard InChI is InChI=1S/C10H11BrO2/c1-7-3-2-4-8(5-7)6-9(11)10(12)13/h2-5,9H,6H2,1H3,(H,12,13)/t9-/m0/s1. The quantitative estimate of drug-likeness (QED) is 0.827. The summed E-state index contributed by atoms with van der Waals surface area (Å²) in [4.78, 5) is 10.1. The molecule has 0 fully saturated rings. The molecule has 0 amide bonds. The molecule has 0 heterocycles. The van der Waals surface area contributed by atoms with Gasteiger partial charge in [0.15, 0.2) is 0 Å². The van der Waals surface area contributed by atoms with Crippen molar-refractivity contribution in [2.45, 2.75) is 18.2 Å². The lowest BCUT2D eigenvalue weighted by Gasteiger charge is -2.04. The van der Waals surface area contributed by atoms with Crippen LogP contribution in [0.15, 0.2) is 24.3 Å². The second kappa shape index (κ2) is 4.42. The smallest absolute Gasteiger partial charge is 0.317 e. The van der Waals surface area contributed by atoms with Crippen molar-refractivity contribution in [3.63, 3.8) is 0 Å². The number of halogens is 1. The van der Waals surface area contributed by atoms with E-state index in [0.29, 0.717) is 6.42 Å². The van der Waals surface area contributed by atoms with Crippen LogP contribution in [0.5, 0.6) is 0 Å². The highest BCUT2D eigenvalue weighted by molar-refractivity contribution is 9.10. The third-order valence-corrected chi connectivity index (χ3v) is 2.48. The van der Waals surface area contributed by atoms with E-state index in [1.807, 2.05) is 31.2 Å². The Kier molecular flexibility index (Phi) is 3.48. The molecule has 0 aromatic heterocycles. The first kappa shape index (κ1) is 10.3. The Morgan fingerprint density at radius 3 is 2.85 bits per heavy atom. The molecule has 1 atom stereocenters. The van der Waals surface area contributed by atoms with Crippen molar-refractivity contribution in [2.24, 2.45) is 0 Å². The van der Waals surface area contributed by atoms with Crippen LogP contribution in [-0.4, -0.2) is 15.9 Å². The molecule has 0 saturated heterocycles. The van der Waals surface area contributed by atoms with Crippen LogP contribution < -0.4 is 0 Å². The van der Waals surface area contributed by atoms with E-state index in [4.69, 9.17) is 5.11 Å². The second-order valence-corrected chi connectivity index (χ2v) is 4.10. The Morgan fingerprint density at radius 1 is 1.62 bits per heavy atom. The van der Waals surface area contributed by atoms with Gasteiger partial charge in [0.1, 0.15) is 4.83 Å². The van der Waals surface area contributed by atoms with Gasteiger partial charge in [-0.15, -0.1) is 0 Å². The molecule has 0 saturated carbocycles. The Labute approximate surface area is 85.7 Å². The fourth-order valence-electron chi connectivity index (χ4n) is 1.13. The van der Waals surface area contributed by atoms with Gasteiger partial charge in [0.05, 0.1) is 0 Å². The molecule has 1 aromatic carbocycles. The average Bonchev–Trinajstić information content (AvgIpc) is 2.04. The summed E-state index contributed by atoms with van der Waals surface area (Å²) in [6, 6.07) is 7.86. The van der Waals surface area contributed by atoms with Gasteiger partial charge in [-0.25, -0.2) is 0 Å². The molecular weight excluding hydrogens is 232 g/mol. The summed E-state index contributed by atoms with van der Waals surface area (Å²) in [5.74, 6) is -0.818. The van der Waals surface area contributed by atoms with E-state index in [1.54, 1.807) is 0 Å². The third-order valence-electron chi connectivity index (χ3n) is 1.77. The molecule has 0 aliphatic carbocycles. The zero-order valence-corrected chi connectivity index (χ0v) is 8.91. The first-order valence-corrected chi connectivity index (χ1v) is 4.93. The monoisotopic (exact) mass is 242 g/mol. The van der Waals surface area contributed by atoms with E-state index in [2.05, 4.69) is 15.9 Å². The van der Waals surface area contributed by atoms with Gasteiger partial charge in [0, 0.05) is 0 Å². The van der Waals surface area contributed by atoms with Gasteiger partial charge in [0.25, 0.3) is 0 Å². The van der Waals surface area contributed by atoms with Crippen molar-refractivity contribution in [2.75, 3.05) is 0 Å². The lowest BCUT2D eigenvalue weighted by Crippen LogP contribution is -2.15. The summed E-state index contributed by atoms with van der Waals surface area (Å²) < 4.78 is 0. The lowest BCUT2D eigenvalue weighted by molar-refractivity contribution is -0.136.